The van der Waals surface area contributed by atoms with Crippen LogP contribution in [-0.4, -0.2) is 29.6 Å². The molecule has 0 bridgehead atoms. The molecule has 0 radical (unpaired) electrons. The summed E-state index contributed by atoms with van der Waals surface area (Å²) in [6.07, 6.45) is 2.09. The number of benzene rings is 1. The number of hydrogen-bond acceptors (Lipinski definition) is 6. The van der Waals surface area contributed by atoms with Gasteiger partial charge >= 0.3 is 5.97 Å². The van der Waals surface area contributed by atoms with Crippen molar-refractivity contribution in [2.45, 2.75) is 45.6 Å². The lowest BCUT2D eigenvalue weighted by Gasteiger charge is -2.36. The van der Waals surface area contributed by atoms with Crippen molar-refractivity contribution in [2.75, 3.05) is 18.1 Å². The van der Waals surface area contributed by atoms with Gasteiger partial charge in [-0.25, -0.2) is 4.79 Å². The molecule has 1 aromatic carbocycles. The van der Waals surface area contributed by atoms with Crippen LogP contribution in [0.4, 0.5) is 5.69 Å². The molecule has 2 N–H and O–H groups in total. The summed E-state index contributed by atoms with van der Waals surface area (Å²) in [6, 6.07) is 9.00. The molecule has 1 aliphatic carbocycles. The quantitative estimate of drug-likeness (QED) is 0.703. The van der Waals surface area contributed by atoms with E-state index in [1.54, 1.807) is 41.5 Å². The Kier molecular flexibility index (Phi) is 4.84. The Labute approximate surface area is 191 Å². The van der Waals surface area contributed by atoms with Crippen LogP contribution in [0.3, 0.4) is 0 Å². The summed E-state index contributed by atoms with van der Waals surface area (Å²) in [5, 5.41) is 0. The third-order valence-corrected chi connectivity index (χ3v) is 6.79. The van der Waals surface area contributed by atoms with Crippen LogP contribution in [0.25, 0.3) is 0 Å². The van der Waals surface area contributed by atoms with Crippen LogP contribution in [0.15, 0.2) is 46.6 Å². The SMILES string of the molecule is CCOC(=O)C1=C(N)Oc2cc(C)n(CC)c(=O)c2C12C(=O)N(CC1CC1)c1ccccc12. The van der Waals surface area contributed by atoms with Crippen LogP contribution in [0, 0.1) is 12.8 Å². The highest BCUT2D eigenvalue weighted by Gasteiger charge is 2.62. The average molecular weight is 450 g/mol. The van der Waals surface area contributed by atoms with Crippen LogP contribution in [-0.2, 0) is 26.3 Å². The number of hydrogen-bond donors (Lipinski definition) is 1. The summed E-state index contributed by atoms with van der Waals surface area (Å²) in [4.78, 5) is 43.2. The van der Waals surface area contributed by atoms with Crippen LogP contribution in [0.1, 0.15) is 43.5 Å². The Morgan fingerprint density at radius 3 is 2.64 bits per heavy atom. The number of carbonyl (C=O) groups is 2. The molecule has 33 heavy (non-hydrogen) atoms. The lowest BCUT2D eigenvalue weighted by molar-refractivity contribution is -0.140. The number of esters is 1. The number of nitrogens with zero attached hydrogens (tertiary/aromatic N) is 2. The van der Waals surface area contributed by atoms with E-state index in [0.29, 0.717) is 36.0 Å². The monoisotopic (exact) mass is 449 g/mol. The first-order chi connectivity index (χ1) is 15.9. The molecule has 8 nitrogen and oxygen atoms in total. The van der Waals surface area contributed by atoms with E-state index in [0.717, 1.165) is 12.8 Å². The van der Waals surface area contributed by atoms with E-state index < -0.39 is 11.4 Å². The fourth-order valence-electron chi connectivity index (χ4n) is 5.17. The number of pyridine rings is 1. The second-order valence-electron chi connectivity index (χ2n) is 8.76. The van der Waals surface area contributed by atoms with Gasteiger partial charge in [0.25, 0.3) is 5.56 Å². The molecule has 3 heterocycles. The van der Waals surface area contributed by atoms with Gasteiger partial charge in [0.1, 0.15) is 16.7 Å². The Hall–Kier alpha value is -3.55. The van der Waals surface area contributed by atoms with Crippen molar-refractivity contribution in [1.82, 2.24) is 4.57 Å². The molecular weight excluding hydrogens is 422 g/mol. The molecular formula is C25H27N3O5. The first-order valence-corrected chi connectivity index (χ1v) is 11.4. The third kappa shape index (κ3) is 2.86. The van der Waals surface area contributed by atoms with Crippen molar-refractivity contribution in [3.63, 3.8) is 0 Å². The van der Waals surface area contributed by atoms with Gasteiger partial charge < -0.3 is 24.7 Å². The Morgan fingerprint density at radius 1 is 1.24 bits per heavy atom. The van der Waals surface area contributed by atoms with Gasteiger partial charge in [-0.05, 0) is 45.6 Å². The molecule has 1 unspecified atom stereocenters. The molecule has 172 valence electrons. The van der Waals surface area contributed by atoms with Crippen LogP contribution < -0.4 is 20.9 Å². The number of nitrogens with two attached hydrogens (primary N) is 1. The molecule has 2 aromatic rings. The maximum absolute atomic E-state index is 14.4. The highest BCUT2D eigenvalue weighted by atomic mass is 16.5. The molecule has 1 atom stereocenters. The number of aryl methyl sites for hydroxylation is 1. The molecule has 2 aliphatic heterocycles. The number of amides is 1. The third-order valence-electron chi connectivity index (χ3n) is 6.79. The summed E-state index contributed by atoms with van der Waals surface area (Å²) >= 11 is 0. The molecule has 1 aromatic heterocycles. The number of aromatic nitrogens is 1. The highest BCUT2D eigenvalue weighted by molar-refractivity contribution is 6.18. The van der Waals surface area contributed by atoms with Crippen molar-refractivity contribution < 1.29 is 19.1 Å². The molecule has 3 aliphatic rings. The maximum Gasteiger partial charge on any atom is 0.341 e. The van der Waals surface area contributed by atoms with E-state index in [1.807, 2.05) is 19.1 Å². The molecule has 0 saturated heterocycles. The van der Waals surface area contributed by atoms with Crippen molar-refractivity contribution >= 4 is 17.6 Å². The van der Waals surface area contributed by atoms with E-state index in [-0.39, 0.29) is 40.8 Å². The average Bonchev–Trinajstić information content (AvgIpc) is 3.57. The molecule has 1 fully saturated rings. The lowest BCUT2D eigenvalue weighted by Crippen LogP contribution is -2.52. The Balaban J connectivity index is 1.89. The highest BCUT2D eigenvalue weighted by Crippen LogP contribution is 2.55. The summed E-state index contributed by atoms with van der Waals surface area (Å²) < 4.78 is 12.7. The molecule has 1 saturated carbocycles. The largest absolute Gasteiger partial charge is 0.462 e. The van der Waals surface area contributed by atoms with Gasteiger partial charge in [-0.1, -0.05) is 18.2 Å². The molecule has 8 heteroatoms. The van der Waals surface area contributed by atoms with Gasteiger partial charge in [0, 0.05) is 36.1 Å². The second-order valence-corrected chi connectivity index (χ2v) is 8.76. The number of carbonyl (C=O) groups excluding carboxylic acids is 2. The van der Waals surface area contributed by atoms with E-state index >= 15 is 0 Å². The fourth-order valence-corrected chi connectivity index (χ4v) is 5.17. The smallest absolute Gasteiger partial charge is 0.341 e. The van der Waals surface area contributed by atoms with E-state index in [9.17, 15) is 14.4 Å². The summed E-state index contributed by atoms with van der Waals surface area (Å²) in [5.74, 6) is -0.751. The minimum Gasteiger partial charge on any atom is -0.462 e. The van der Waals surface area contributed by atoms with Crippen LogP contribution in [0.5, 0.6) is 5.75 Å². The van der Waals surface area contributed by atoms with Gasteiger partial charge in [0.15, 0.2) is 0 Å². The number of para-hydroxylation sites is 1. The zero-order valence-electron chi connectivity index (χ0n) is 19.0. The molecule has 1 spiro atoms. The fraction of sp³-hybridized carbons (Fsp3) is 0.400. The van der Waals surface area contributed by atoms with Crippen molar-refractivity contribution in [1.29, 1.82) is 0 Å². The van der Waals surface area contributed by atoms with Gasteiger partial charge in [-0.3, -0.25) is 9.59 Å². The van der Waals surface area contributed by atoms with E-state index in [1.165, 1.54) is 0 Å². The Morgan fingerprint density at radius 2 is 1.97 bits per heavy atom. The van der Waals surface area contributed by atoms with Crippen molar-refractivity contribution in [3.05, 3.63) is 69.0 Å². The van der Waals surface area contributed by atoms with Crippen LogP contribution in [0.2, 0.25) is 0 Å². The van der Waals surface area contributed by atoms with Gasteiger partial charge in [-0.2, -0.15) is 0 Å². The summed E-state index contributed by atoms with van der Waals surface area (Å²) in [7, 11) is 0. The van der Waals surface area contributed by atoms with Crippen molar-refractivity contribution in [3.8, 4) is 5.75 Å². The number of ether oxygens (including phenoxy) is 2. The minimum atomic E-state index is -1.73. The van der Waals surface area contributed by atoms with Gasteiger partial charge in [0.2, 0.25) is 11.8 Å². The molecule has 1 amide bonds. The zero-order chi connectivity index (χ0) is 23.5. The predicted octanol–water partition coefficient (Wildman–Crippen LogP) is 2.35. The number of anilines is 1. The Bertz CT molecular complexity index is 1270. The minimum absolute atomic E-state index is 0.0905. The second kappa shape index (κ2) is 7.50. The standard InChI is InChI=1S/C25H27N3O5/c1-4-27-14(3)12-18-19(22(27)29)25(20(21(26)33-18)23(30)32-5-2)16-8-6-7-9-17(16)28(24(25)31)13-15-10-11-15/h6-9,12,15H,4-5,10-11,13,26H2,1-3H3. The normalized spacial score (nSPS) is 21.2. The van der Waals surface area contributed by atoms with Gasteiger partial charge in [-0.15, -0.1) is 0 Å². The first-order valence-electron chi connectivity index (χ1n) is 11.4. The van der Waals surface area contributed by atoms with E-state index in [2.05, 4.69) is 0 Å². The summed E-state index contributed by atoms with van der Waals surface area (Å²) in [6.45, 7) is 6.36. The van der Waals surface area contributed by atoms with Gasteiger partial charge in [0.05, 0.1) is 12.2 Å². The van der Waals surface area contributed by atoms with Crippen LogP contribution >= 0.6 is 0 Å². The lowest BCUT2D eigenvalue weighted by atomic mass is 9.68. The summed E-state index contributed by atoms with van der Waals surface area (Å²) in [5.41, 5.74) is 6.10. The van der Waals surface area contributed by atoms with Crippen molar-refractivity contribution in [2.24, 2.45) is 11.7 Å². The first kappa shape index (κ1) is 21.3. The zero-order valence-corrected chi connectivity index (χ0v) is 19.0. The topological polar surface area (TPSA) is 104 Å². The number of rotatable bonds is 5. The predicted molar refractivity (Wildman–Crippen MR) is 122 cm³/mol. The molecule has 5 rings (SSSR count). The van der Waals surface area contributed by atoms with E-state index in [4.69, 9.17) is 15.2 Å². The maximum atomic E-state index is 14.4. The number of fused-ring (bicyclic) bond motifs is 4.